The molecule has 1 rings (SSSR count). The van der Waals surface area contributed by atoms with E-state index in [1.807, 2.05) is 6.92 Å². The van der Waals surface area contributed by atoms with Gasteiger partial charge in [-0.1, -0.05) is 13.0 Å². The van der Waals surface area contributed by atoms with Crippen molar-refractivity contribution < 1.29 is 18.3 Å². The number of halogens is 1. The van der Waals surface area contributed by atoms with Crippen LogP contribution in [0.5, 0.6) is 5.75 Å². The predicted molar refractivity (Wildman–Crippen MR) is 74.5 cm³/mol. The summed E-state index contributed by atoms with van der Waals surface area (Å²) in [6.45, 7) is 1.94. The Morgan fingerprint density at radius 1 is 1.33 bits per heavy atom. The molecule has 0 saturated carbocycles. The zero-order chi connectivity index (χ0) is 13.6. The third-order valence-corrected chi connectivity index (χ3v) is 4.78. The van der Waals surface area contributed by atoms with Gasteiger partial charge in [0.05, 0.1) is 22.6 Å². The topological polar surface area (TPSA) is 63.6 Å². The normalized spacial score (nSPS) is 11.5. The molecule has 1 aromatic carbocycles. The van der Waals surface area contributed by atoms with Gasteiger partial charge in [-0.3, -0.25) is 0 Å². The van der Waals surface area contributed by atoms with E-state index in [-0.39, 0.29) is 24.7 Å². The Labute approximate surface area is 116 Å². The van der Waals surface area contributed by atoms with Crippen molar-refractivity contribution >= 4 is 25.8 Å². The minimum Gasteiger partial charge on any atom is -0.491 e. The molecule has 0 aliphatic carbocycles. The lowest BCUT2D eigenvalue weighted by atomic mass is 10.2. The Morgan fingerprint density at radius 3 is 2.61 bits per heavy atom. The zero-order valence-electron chi connectivity index (χ0n) is 10.2. The Balaban J connectivity index is 2.54. The van der Waals surface area contributed by atoms with Crippen molar-refractivity contribution in [1.82, 2.24) is 0 Å². The van der Waals surface area contributed by atoms with Gasteiger partial charge < -0.3 is 9.84 Å². The van der Waals surface area contributed by atoms with E-state index in [9.17, 15) is 8.42 Å². The molecule has 0 unspecified atom stereocenters. The molecule has 0 atom stereocenters. The van der Waals surface area contributed by atoms with Gasteiger partial charge in [0.15, 0.2) is 9.84 Å². The maximum atomic E-state index is 11.5. The van der Waals surface area contributed by atoms with Crippen molar-refractivity contribution in [1.29, 1.82) is 0 Å². The number of hydrogen-bond donors (Lipinski definition) is 1. The zero-order valence-corrected chi connectivity index (χ0v) is 12.6. The first-order valence-corrected chi connectivity index (χ1v) is 8.32. The average molecular weight is 337 g/mol. The van der Waals surface area contributed by atoms with Gasteiger partial charge in [-0.25, -0.2) is 8.42 Å². The van der Waals surface area contributed by atoms with Crippen LogP contribution in [0, 0.1) is 0 Å². The summed E-state index contributed by atoms with van der Waals surface area (Å²) in [6, 6.07) is 5.19. The largest absolute Gasteiger partial charge is 0.491 e. The molecule has 1 aromatic rings. The number of ether oxygens (including phenoxy) is 1. The number of benzene rings is 1. The van der Waals surface area contributed by atoms with E-state index in [0.717, 1.165) is 5.56 Å². The first-order valence-electron chi connectivity index (χ1n) is 5.71. The lowest BCUT2D eigenvalue weighted by Gasteiger charge is -2.09. The molecule has 0 heterocycles. The number of rotatable bonds is 7. The number of sulfone groups is 1. The summed E-state index contributed by atoms with van der Waals surface area (Å²) in [5, 5.41) is 8.95. The highest BCUT2D eigenvalue weighted by atomic mass is 79.9. The molecule has 0 fully saturated rings. The summed E-state index contributed by atoms with van der Waals surface area (Å²) in [5.74, 6) is 0.801. The summed E-state index contributed by atoms with van der Waals surface area (Å²) in [4.78, 5) is 0. The Hall–Kier alpha value is -0.590. The molecular weight excluding hydrogens is 320 g/mol. The van der Waals surface area contributed by atoms with Crippen molar-refractivity contribution in [3.8, 4) is 5.75 Å². The summed E-state index contributed by atoms with van der Waals surface area (Å²) >= 11 is 3.31. The molecule has 0 amide bonds. The molecule has 0 aromatic heterocycles. The van der Waals surface area contributed by atoms with E-state index >= 15 is 0 Å². The van der Waals surface area contributed by atoms with Crippen molar-refractivity contribution in [3.05, 3.63) is 28.2 Å². The van der Waals surface area contributed by atoms with Gasteiger partial charge in [-0.15, -0.1) is 0 Å². The molecule has 0 bridgehead atoms. The van der Waals surface area contributed by atoms with Crippen LogP contribution in [0.4, 0.5) is 0 Å². The molecule has 0 aliphatic heterocycles. The second kappa shape index (κ2) is 7.11. The van der Waals surface area contributed by atoms with E-state index in [4.69, 9.17) is 9.84 Å². The lowest BCUT2D eigenvalue weighted by molar-refractivity contribution is 0.281. The van der Waals surface area contributed by atoms with Gasteiger partial charge in [0.1, 0.15) is 12.4 Å². The van der Waals surface area contributed by atoms with Gasteiger partial charge in [-0.05, 0) is 40.0 Å². The van der Waals surface area contributed by atoms with E-state index < -0.39 is 9.84 Å². The molecule has 0 aliphatic rings. The maximum Gasteiger partial charge on any atom is 0.153 e. The summed E-state index contributed by atoms with van der Waals surface area (Å²) in [5.41, 5.74) is 0.771. The predicted octanol–water partition coefficient (Wildman–Crippen LogP) is 2.15. The quantitative estimate of drug-likeness (QED) is 0.828. The molecule has 18 heavy (non-hydrogen) atoms. The molecule has 6 heteroatoms. The number of aliphatic hydroxyl groups is 1. The third-order valence-electron chi connectivity index (χ3n) is 2.35. The van der Waals surface area contributed by atoms with Crippen LogP contribution in [0.2, 0.25) is 0 Å². The van der Waals surface area contributed by atoms with Gasteiger partial charge in [0.2, 0.25) is 0 Å². The highest BCUT2D eigenvalue weighted by Gasteiger charge is 2.10. The van der Waals surface area contributed by atoms with Gasteiger partial charge >= 0.3 is 0 Å². The van der Waals surface area contributed by atoms with Crippen LogP contribution in [0.1, 0.15) is 18.9 Å². The summed E-state index contributed by atoms with van der Waals surface area (Å²) in [6.07, 6.45) is 0.622. The van der Waals surface area contributed by atoms with Crippen molar-refractivity contribution in [2.45, 2.75) is 20.0 Å². The first kappa shape index (κ1) is 15.5. The Morgan fingerprint density at radius 2 is 2.06 bits per heavy atom. The second-order valence-corrected chi connectivity index (χ2v) is 7.08. The second-order valence-electron chi connectivity index (χ2n) is 3.92. The van der Waals surface area contributed by atoms with E-state index in [2.05, 4.69) is 15.9 Å². The van der Waals surface area contributed by atoms with Crippen LogP contribution in [0.3, 0.4) is 0 Å². The highest BCUT2D eigenvalue weighted by Crippen LogP contribution is 2.26. The number of aliphatic hydroxyl groups excluding tert-OH is 1. The maximum absolute atomic E-state index is 11.5. The number of hydrogen-bond acceptors (Lipinski definition) is 4. The SMILES string of the molecule is CCCS(=O)(=O)CCOc1ccc(CO)cc1Br. The minimum absolute atomic E-state index is 0.0228. The van der Waals surface area contributed by atoms with Crippen LogP contribution in [-0.2, 0) is 16.4 Å². The van der Waals surface area contributed by atoms with Crippen LogP contribution in [0.15, 0.2) is 22.7 Å². The minimum atomic E-state index is -3.01. The van der Waals surface area contributed by atoms with Crippen molar-refractivity contribution in [2.75, 3.05) is 18.1 Å². The van der Waals surface area contributed by atoms with Crippen molar-refractivity contribution in [3.63, 3.8) is 0 Å². The Kier molecular flexibility index (Phi) is 6.11. The first-order chi connectivity index (χ1) is 8.48. The molecule has 4 nitrogen and oxygen atoms in total. The van der Waals surface area contributed by atoms with Crippen LogP contribution in [0.25, 0.3) is 0 Å². The fourth-order valence-electron chi connectivity index (χ4n) is 1.45. The summed E-state index contributed by atoms with van der Waals surface area (Å²) in [7, 11) is -3.01. The fourth-order valence-corrected chi connectivity index (χ4v) is 3.16. The molecular formula is C12H17BrO4S. The van der Waals surface area contributed by atoms with Gasteiger partial charge in [0.25, 0.3) is 0 Å². The monoisotopic (exact) mass is 336 g/mol. The van der Waals surface area contributed by atoms with Gasteiger partial charge in [0, 0.05) is 0 Å². The van der Waals surface area contributed by atoms with Gasteiger partial charge in [-0.2, -0.15) is 0 Å². The van der Waals surface area contributed by atoms with Crippen molar-refractivity contribution in [2.24, 2.45) is 0 Å². The lowest BCUT2D eigenvalue weighted by Crippen LogP contribution is -2.16. The fraction of sp³-hybridized carbons (Fsp3) is 0.500. The molecule has 0 spiro atoms. The smallest absolute Gasteiger partial charge is 0.153 e. The molecule has 0 radical (unpaired) electrons. The van der Waals surface area contributed by atoms with Crippen LogP contribution >= 0.6 is 15.9 Å². The molecule has 1 N–H and O–H groups in total. The highest BCUT2D eigenvalue weighted by molar-refractivity contribution is 9.10. The van der Waals surface area contributed by atoms with Crippen LogP contribution < -0.4 is 4.74 Å². The molecule has 0 saturated heterocycles. The summed E-state index contributed by atoms with van der Waals surface area (Å²) < 4.78 is 29.1. The Bertz CT molecular complexity index is 485. The van der Waals surface area contributed by atoms with E-state index in [1.54, 1.807) is 18.2 Å². The standard InChI is InChI=1S/C12H17BrO4S/c1-2-6-18(15,16)7-5-17-12-4-3-10(9-14)8-11(12)13/h3-4,8,14H,2,5-7,9H2,1H3. The van der Waals surface area contributed by atoms with E-state index in [1.165, 1.54) is 0 Å². The van der Waals surface area contributed by atoms with Crippen LogP contribution in [-0.4, -0.2) is 31.6 Å². The molecule has 102 valence electrons. The average Bonchev–Trinajstić information content (AvgIpc) is 2.31. The third kappa shape index (κ3) is 4.96. The van der Waals surface area contributed by atoms with E-state index in [0.29, 0.717) is 16.6 Å².